The molecule has 0 saturated heterocycles. The van der Waals surface area contributed by atoms with Gasteiger partial charge in [-0.3, -0.25) is 9.59 Å². The van der Waals surface area contributed by atoms with E-state index in [1.165, 1.54) is 18.2 Å². The van der Waals surface area contributed by atoms with Gasteiger partial charge in [0.2, 0.25) is 5.91 Å². The molecule has 1 aliphatic rings. The van der Waals surface area contributed by atoms with Crippen molar-refractivity contribution < 1.29 is 29.0 Å². The number of hydrogen-bond donors (Lipinski definition) is 3. The first kappa shape index (κ1) is 26.2. The SMILES string of the molecule is COC(CCNC(=O)OCC1c2ccccc2-c2ccccc21)C(=O)NCCCCCCC(=O)O. The number of fused-ring (bicyclic) bond motifs is 3. The molecule has 1 unspecified atom stereocenters. The average Bonchev–Trinajstić information content (AvgIpc) is 3.18. The van der Waals surface area contributed by atoms with Gasteiger partial charge in [-0.2, -0.15) is 0 Å². The molecule has 0 spiro atoms. The van der Waals surface area contributed by atoms with Crippen molar-refractivity contribution in [3.8, 4) is 11.1 Å². The van der Waals surface area contributed by atoms with Gasteiger partial charge in [0.25, 0.3) is 0 Å². The average molecular weight is 483 g/mol. The molecule has 0 saturated carbocycles. The number of ether oxygens (including phenoxy) is 2. The van der Waals surface area contributed by atoms with Crippen LogP contribution in [-0.4, -0.2) is 56.0 Å². The first-order valence-corrected chi connectivity index (χ1v) is 12.1. The van der Waals surface area contributed by atoms with Crippen LogP contribution in [0, 0.1) is 0 Å². The highest BCUT2D eigenvalue weighted by atomic mass is 16.5. The van der Waals surface area contributed by atoms with Crippen LogP contribution in [0.15, 0.2) is 48.5 Å². The minimum Gasteiger partial charge on any atom is -0.481 e. The van der Waals surface area contributed by atoms with E-state index < -0.39 is 18.2 Å². The summed E-state index contributed by atoms with van der Waals surface area (Å²) < 4.78 is 10.8. The van der Waals surface area contributed by atoms with Crippen LogP contribution in [0.1, 0.15) is 55.6 Å². The Hall–Kier alpha value is -3.39. The topological polar surface area (TPSA) is 114 Å². The molecule has 2 aromatic rings. The zero-order chi connectivity index (χ0) is 25.0. The monoisotopic (exact) mass is 482 g/mol. The Balaban J connectivity index is 1.35. The van der Waals surface area contributed by atoms with E-state index in [9.17, 15) is 14.4 Å². The molecular formula is C27H34N2O6. The smallest absolute Gasteiger partial charge is 0.407 e. The maximum absolute atomic E-state index is 12.3. The molecule has 0 aromatic heterocycles. The van der Waals surface area contributed by atoms with Crippen LogP contribution in [0.2, 0.25) is 0 Å². The van der Waals surface area contributed by atoms with Crippen LogP contribution in [0.3, 0.4) is 0 Å². The lowest BCUT2D eigenvalue weighted by atomic mass is 9.98. The quantitative estimate of drug-likeness (QED) is 0.350. The first-order chi connectivity index (χ1) is 17.0. The Kier molecular flexibility index (Phi) is 10.1. The van der Waals surface area contributed by atoms with E-state index in [0.717, 1.165) is 30.4 Å². The van der Waals surface area contributed by atoms with Crippen LogP contribution in [0.5, 0.6) is 0 Å². The molecule has 3 rings (SSSR count). The number of unbranched alkanes of at least 4 members (excludes halogenated alkanes) is 3. The van der Waals surface area contributed by atoms with Gasteiger partial charge in [-0.05, 0) is 35.1 Å². The highest BCUT2D eigenvalue weighted by molar-refractivity contribution is 5.81. The summed E-state index contributed by atoms with van der Waals surface area (Å²) in [4.78, 5) is 35.1. The molecule has 8 nitrogen and oxygen atoms in total. The van der Waals surface area contributed by atoms with E-state index in [1.807, 2.05) is 24.3 Å². The molecule has 1 atom stereocenters. The second kappa shape index (κ2) is 13.5. The molecule has 0 heterocycles. The second-order valence-electron chi connectivity index (χ2n) is 8.61. The number of benzene rings is 2. The lowest BCUT2D eigenvalue weighted by Gasteiger charge is -2.17. The lowest BCUT2D eigenvalue weighted by molar-refractivity contribution is -0.137. The number of carbonyl (C=O) groups is 3. The van der Waals surface area contributed by atoms with Crippen molar-refractivity contribution in [3.05, 3.63) is 59.7 Å². The highest BCUT2D eigenvalue weighted by Crippen LogP contribution is 2.44. The van der Waals surface area contributed by atoms with E-state index in [-0.39, 0.29) is 31.4 Å². The zero-order valence-corrected chi connectivity index (χ0v) is 20.1. The summed E-state index contributed by atoms with van der Waals surface area (Å²) in [6, 6.07) is 16.3. The van der Waals surface area contributed by atoms with Crippen molar-refractivity contribution in [1.82, 2.24) is 10.6 Å². The van der Waals surface area contributed by atoms with Gasteiger partial charge in [-0.25, -0.2) is 4.79 Å². The number of methoxy groups -OCH3 is 1. The predicted octanol–water partition coefficient (Wildman–Crippen LogP) is 4.08. The summed E-state index contributed by atoms with van der Waals surface area (Å²) in [5, 5.41) is 14.2. The highest BCUT2D eigenvalue weighted by Gasteiger charge is 2.29. The third-order valence-electron chi connectivity index (χ3n) is 6.21. The molecule has 2 aromatic carbocycles. The first-order valence-electron chi connectivity index (χ1n) is 12.1. The largest absolute Gasteiger partial charge is 0.481 e. The fraction of sp³-hybridized carbons (Fsp3) is 0.444. The van der Waals surface area contributed by atoms with E-state index >= 15 is 0 Å². The van der Waals surface area contributed by atoms with Crippen LogP contribution >= 0.6 is 0 Å². The molecular weight excluding hydrogens is 448 g/mol. The van der Waals surface area contributed by atoms with Crippen LogP contribution in [0.4, 0.5) is 4.79 Å². The summed E-state index contributed by atoms with van der Waals surface area (Å²) in [5.74, 6) is -1.02. The van der Waals surface area contributed by atoms with E-state index in [2.05, 4.69) is 34.9 Å². The van der Waals surface area contributed by atoms with Crippen LogP contribution in [0.25, 0.3) is 11.1 Å². The van der Waals surface area contributed by atoms with Crippen LogP contribution in [-0.2, 0) is 19.1 Å². The number of aliphatic carboxylic acids is 1. The number of hydrogen-bond acceptors (Lipinski definition) is 5. The Morgan fingerprint density at radius 3 is 2.14 bits per heavy atom. The Labute approximate surface area is 206 Å². The number of nitrogens with one attached hydrogen (secondary N) is 2. The molecule has 3 N–H and O–H groups in total. The van der Waals surface area contributed by atoms with Gasteiger partial charge in [-0.15, -0.1) is 0 Å². The standard InChI is InChI=1S/C27H34N2O6/c1-34-24(26(32)28-16-9-3-2-4-14-25(30)31)15-17-29-27(33)35-18-23-21-12-7-5-10-19(21)20-11-6-8-13-22(20)23/h5-8,10-13,23-24H,2-4,9,14-18H2,1H3,(H,28,32)(H,29,33)(H,30,31). The van der Waals surface area contributed by atoms with Crippen molar-refractivity contribution in [2.75, 3.05) is 26.8 Å². The summed E-state index contributed by atoms with van der Waals surface area (Å²) in [7, 11) is 1.46. The molecule has 0 fully saturated rings. The van der Waals surface area contributed by atoms with Crippen molar-refractivity contribution >= 4 is 18.0 Å². The van der Waals surface area contributed by atoms with Gasteiger partial charge >= 0.3 is 12.1 Å². The van der Waals surface area contributed by atoms with Crippen molar-refractivity contribution in [3.63, 3.8) is 0 Å². The van der Waals surface area contributed by atoms with Crippen molar-refractivity contribution in [2.45, 2.75) is 50.5 Å². The zero-order valence-electron chi connectivity index (χ0n) is 20.1. The molecule has 188 valence electrons. The van der Waals surface area contributed by atoms with E-state index in [4.69, 9.17) is 14.6 Å². The number of carboxylic acids is 1. The van der Waals surface area contributed by atoms with Gasteiger partial charge in [0.05, 0.1) is 0 Å². The summed E-state index contributed by atoms with van der Waals surface area (Å²) in [6.45, 7) is 0.990. The summed E-state index contributed by atoms with van der Waals surface area (Å²) in [5.41, 5.74) is 4.65. The maximum Gasteiger partial charge on any atom is 0.407 e. The number of carbonyl (C=O) groups excluding carboxylic acids is 2. The Morgan fingerprint density at radius 2 is 1.51 bits per heavy atom. The van der Waals surface area contributed by atoms with E-state index in [1.54, 1.807) is 0 Å². The predicted molar refractivity (Wildman–Crippen MR) is 132 cm³/mol. The van der Waals surface area contributed by atoms with E-state index in [0.29, 0.717) is 19.4 Å². The molecule has 0 aliphatic heterocycles. The molecule has 35 heavy (non-hydrogen) atoms. The Bertz CT molecular complexity index is 963. The number of rotatable bonds is 14. The van der Waals surface area contributed by atoms with Gasteiger partial charge in [0, 0.05) is 39.0 Å². The molecule has 0 bridgehead atoms. The lowest BCUT2D eigenvalue weighted by Crippen LogP contribution is -2.39. The maximum atomic E-state index is 12.3. The van der Waals surface area contributed by atoms with Gasteiger partial charge in [-0.1, -0.05) is 61.4 Å². The summed E-state index contributed by atoms with van der Waals surface area (Å²) in [6.07, 6.45) is 2.40. The Morgan fingerprint density at radius 1 is 0.886 bits per heavy atom. The molecule has 0 radical (unpaired) electrons. The van der Waals surface area contributed by atoms with Crippen LogP contribution < -0.4 is 10.6 Å². The number of alkyl carbamates (subject to hydrolysis) is 1. The minimum atomic E-state index is -0.784. The molecule has 2 amide bonds. The summed E-state index contributed by atoms with van der Waals surface area (Å²) >= 11 is 0. The van der Waals surface area contributed by atoms with Gasteiger partial charge < -0.3 is 25.2 Å². The van der Waals surface area contributed by atoms with Crippen molar-refractivity contribution in [2.24, 2.45) is 0 Å². The second-order valence-corrected chi connectivity index (χ2v) is 8.61. The third-order valence-corrected chi connectivity index (χ3v) is 6.21. The fourth-order valence-corrected chi connectivity index (χ4v) is 4.39. The van der Waals surface area contributed by atoms with Gasteiger partial charge in [0.1, 0.15) is 12.7 Å². The molecule has 1 aliphatic carbocycles. The fourth-order valence-electron chi connectivity index (χ4n) is 4.39. The number of amides is 2. The van der Waals surface area contributed by atoms with Gasteiger partial charge in [0.15, 0.2) is 0 Å². The third kappa shape index (κ3) is 7.55. The normalized spacial score (nSPS) is 12.9. The minimum absolute atomic E-state index is 0.00483. The number of carboxylic acid groups (broad SMARTS) is 1. The molecule has 8 heteroatoms. The van der Waals surface area contributed by atoms with Crippen molar-refractivity contribution in [1.29, 1.82) is 0 Å².